The van der Waals surface area contributed by atoms with E-state index in [1.54, 1.807) is 7.11 Å². The number of ether oxygens (including phenoxy) is 1. The molecule has 31 heavy (non-hydrogen) atoms. The molecule has 0 bridgehead atoms. The van der Waals surface area contributed by atoms with Crippen LogP contribution in [0.25, 0.3) is 0 Å². The molecule has 4 rings (SSSR count). The van der Waals surface area contributed by atoms with Crippen molar-refractivity contribution in [2.75, 3.05) is 13.7 Å². The van der Waals surface area contributed by atoms with Crippen LogP contribution >= 0.6 is 0 Å². The molecule has 0 aromatic rings. The Bertz CT molecular complexity index is 834. The van der Waals surface area contributed by atoms with E-state index in [0.717, 1.165) is 44.2 Å². The minimum absolute atomic E-state index is 0.129. The molecule has 0 saturated heterocycles. The first-order valence-corrected chi connectivity index (χ1v) is 11.8. The van der Waals surface area contributed by atoms with Gasteiger partial charge in [0.15, 0.2) is 5.60 Å². The number of ketones is 1. The zero-order valence-corrected chi connectivity index (χ0v) is 19.6. The molecule has 0 aromatic heterocycles. The summed E-state index contributed by atoms with van der Waals surface area (Å²) >= 11 is 0. The first-order valence-electron chi connectivity index (χ1n) is 11.8. The lowest BCUT2D eigenvalue weighted by molar-refractivity contribution is -0.190. The molecule has 4 aliphatic carbocycles. The molecule has 4 aliphatic rings. The summed E-state index contributed by atoms with van der Waals surface area (Å²) in [7, 11) is 1.60. The highest BCUT2D eigenvalue weighted by atomic mass is 16.6. The third-order valence-electron chi connectivity index (χ3n) is 9.53. The van der Waals surface area contributed by atoms with Crippen LogP contribution in [0, 0.1) is 34.5 Å². The van der Waals surface area contributed by atoms with Crippen LogP contribution in [0.1, 0.15) is 72.6 Å². The molecule has 3 fully saturated rings. The third kappa shape index (κ3) is 3.12. The number of oxime groups is 1. The highest BCUT2D eigenvalue weighted by molar-refractivity contribution is 5.96. The van der Waals surface area contributed by atoms with Gasteiger partial charge in [-0.1, -0.05) is 31.5 Å². The van der Waals surface area contributed by atoms with Crippen LogP contribution in [0.2, 0.25) is 0 Å². The molecule has 0 radical (unpaired) electrons. The van der Waals surface area contributed by atoms with Gasteiger partial charge in [-0.25, -0.2) is 0 Å². The predicted octanol–water partition coefficient (Wildman–Crippen LogP) is 4.06. The van der Waals surface area contributed by atoms with Gasteiger partial charge in [0.2, 0.25) is 5.78 Å². The number of hydrogen-bond donors (Lipinski definition) is 1. The van der Waals surface area contributed by atoms with Gasteiger partial charge in [0.05, 0.1) is 5.71 Å². The van der Waals surface area contributed by atoms with E-state index in [-0.39, 0.29) is 11.2 Å². The highest BCUT2D eigenvalue weighted by Crippen LogP contribution is 2.69. The minimum Gasteiger partial charge on any atom is -0.451 e. The van der Waals surface area contributed by atoms with Gasteiger partial charge in [-0.05, 0) is 80.1 Å². The maximum absolute atomic E-state index is 13.0. The smallest absolute Gasteiger partial charge is 0.303 e. The Labute approximate surface area is 185 Å². The van der Waals surface area contributed by atoms with E-state index >= 15 is 0 Å². The zero-order chi connectivity index (χ0) is 22.6. The second-order valence-electron chi connectivity index (χ2n) is 10.8. The summed E-state index contributed by atoms with van der Waals surface area (Å²) in [5, 5.41) is 14.0. The van der Waals surface area contributed by atoms with E-state index in [2.05, 4.69) is 32.0 Å². The molecule has 6 nitrogen and oxygen atoms in total. The quantitative estimate of drug-likeness (QED) is 0.536. The van der Waals surface area contributed by atoms with Crippen LogP contribution in [0.5, 0.6) is 0 Å². The van der Waals surface area contributed by atoms with Crippen molar-refractivity contribution in [2.45, 2.75) is 78.2 Å². The number of hydrogen-bond acceptors (Lipinski definition) is 6. The van der Waals surface area contributed by atoms with Crippen molar-refractivity contribution < 1.29 is 24.3 Å². The van der Waals surface area contributed by atoms with E-state index < -0.39 is 23.6 Å². The molecule has 0 heterocycles. The number of aliphatic hydroxyl groups excluding tert-OH is 1. The fraction of sp³-hybridized carbons (Fsp3) is 0.800. The van der Waals surface area contributed by atoms with E-state index in [0.29, 0.717) is 30.1 Å². The van der Waals surface area contributed by atoms with Crippen molar-refractivity contribution in [2.24, 2.45) is 39.7 Å². The van der Waals surface area contributed by atoms with Gasteiger partial charge >= 0.3 is 5.97 Å². The van der Waals surface area contributed by atoms with Crippen LogP contribution in [0.4, 0.5) is 0 Å². The maximum atomic E-state index is 13.0. The Balaban J connectivity index is 1.71. The summed E-state index contributed by atoms with van der Waals surface area (Å²) in [5.41, 5.74) is 1.05. The van der Waals surface area contributed by atoms with Crippen molar-refractivity contribution in [1.82, 2.24) is 0 Å². The molecule has 0 amide bonds. The normalized spacial score (nSPS) is 45.2. The molecule has 0 aromatic carbocycles. The molecular formula is C25H37NO5. The van der Waals surface area contributed by atoms with Crippen molar-refractivity contribution in [3.8, 4) is 0 Å². The summed E-state index contributed by atoms with van der Waals surface area (Å²) in [6.45, 7) is 7.67. The fourth-order valence-electron chi connectivity index (χ4n) is 8.24. The van der Waals surface area contributed by atoms with Crippen LogP contribution in [-0.2, 0) is 19.2 Å². The first-order chi connectivity index (χ1) is 14.6. The lowest BCUT2D eigenvalue weighted by Crippen LogP contribution is -2.60. The maximum Gasteiger partial charge on any atom is 0.303 e. The Morgan fingerprint density at radius 1 is 1.19 bits per heavy atom. The van der Waals surface area contributed by atoms with Crippen LogP contribution < -0.4 is 0 Å². The Morgan fingerprint density at radius 3 is 2.55 bits per heavy atom. The van der Waals surface area contributed by atoms with Crippen molar-refractivity contribution in [3.05, 3.63) is 11.6 Å². The van der Waals surface area contributed by atoms with Crippen molar-refractivity contribution >= 4 is 17.5 Å². The highest BCUT2D eigenvalue weighted by Gasteiger charge is 2.68. The number of esters is 1. The van der Waals surface area contributed by atoms with Gasteiger partial charge in [-0.15, -0.1) is 0 Å². The molecule has 0 unspecified atom stereocenters. The Hall–Kier alpha value is -1.69. The number of aliphatic hydroxyl groups is 1. The van der Waals surface area contributed by atoms with Gasteiger partial charge < -0.3 is 14.7 Å². The summed E-state index contributed by atoms with van der Waals surface area (Å²) < 4.78 is 5.81. The summed E-state index contributed by atoms with van der Waals surface area (Å²) in [6.07, 6.45) is 8.59. The first kappa shape index (κ1) is 22.5. The lowest BCUT2D eigenvalue weighted by Gasteiger charge is -2.60. The lowest BCUT2D eigenvalue weighted by atomic mass is 9.44. The topological polar surface area (TPSA) is 85.2 Å². The molecule has 3 saturated carbocycles. The SMILES string of the molecule is CO/N=C1/C=C2[C@H](C)C[C@@H]3[C@H](CC[C@@]4(C)[C@H]3CC[C@]4(OC(C)=O)C(=O)CO)[C@@]2(C)CC1. The van der Waals surface area contributed by atoms with Gasteiger partial charge in [0.1, 0.15) is 13.7 Å². The number of carbonyl (C=O) groups is 2. The standard InChI is InChI=1S/C25H37NO5/c1-15-12-18-19(23(3)9-6-17(26-30-5)13-21(15)23)7-10-24(4)20(18)8-11-25(24,22(29)14-27)31-16(2)28/h13,15,18-20,27H,6-12,14H2,1-5H3/b26-17+/t15-,18-,19+,20+,23-,24+,25+/m1/s1. The molecule has 1 N–H and O–H groups in total. The molecular weight excluding hydrogens is 394 g/mol. The van der Waals surface area contributed by atoms with Crippen molar-refractivity contribution in [1.29, 1.82) is 0 Å². The van der Waals surface area contributed by atoms with Gasteiger partial charge in [-0.3, -0.25) is 9.59 Å². The molecule has 7 atom stereocenters. The number of Topliss-reactive ketones (excluding diaryl/α,β-unsaturated/α-hetero) is 1. The number of carbonyl (C=O) groups excluding carboxylic acids is 2. The van der Waals surface area contributed by atoms with E-state index in [1.165, 1.54) is 12.5 Å². The minimum atomic E-state index is -1.19. The molecule has 6 heteroatoms. The van der Waals surface area contributed by atoms with E-state index in [9.17, 15) is 14.7 Å². The fourth-order valence-corrected chi connectivity index (χ4v) is 8.24. The zero-order valence-electron chi connectivity index (χ0n) is 19.6. The Morgan fingerprint density at radius 2 is 1.90 bits per heavy atom. The van der Waals surface area contributed by atoms with Crippen LogP contribution in [-0.4, -0.2) is 41.9 Å². The van der Waals surface area contributed by atoms with Gasteiger partial charge in [0, 0.05) is 12.3 Å². The van der Waals surface area contributed by atoms with Crippen LogP contribution in [0.15, 0.2) is 16.8 Å². The van der Waals surface area contributed by atoms with Gasteiger partial charge in [-0.2, -0.15) is 0 Å². The third-order valence-corrected chi connectivity index (χ3v) is 9.53. The molecule has 172 valence electrons. The molecule has 0 aliphatic heterocycles. The summed E-state index contributed by atoms with van der Waals surface area (Å²) in [6, 6.07) is 0. The number of nitrogens with zero attached hydrogens (tertiary/aromatic N) is 1. The number of rotatable bonds is 4. The van der Waals surface area contributed by atoms with E-state index in [4.69, 9.17) is 9.57 Å². The largest absolute Gasteiger partial charge is 0.451 e. The number of fused-ring (bicyclic) bond motifs is 5. The summed E-state index contributed by atoms with van der Waals surface area (Å²) in [4.78, 5) is 30.0. The van der Waals surface area contributed by atoms with Gasteiger partial charge in [0.25, 0.3) is 0 Å². The summed E-state index contributed by atoms with van der Waals surface area (Å²) in [5.74, 6) is 1.02. The monoisotopic (exact) mass is 431 g/mol. The van der Waals surface area contributed by atoms with E-state index in [1.807, 2.05) is 0 Å². The second kappa shape index (κ2) is 7.72. The second-order valence-corrected chi connectivity index (χ2v) is 10.8. The number of allylic oxidation sites excluding steroid dienone is 2. The predicted molar refractivity (Wildman–Crippen MR) is 117 cm³/mol. The van der Waals surface area contributed by atoms with Crippen LogP contribution in [0.3, 0.4) is 0 Å². The van der Waals surface area contributed by atoms with Crippen molar-refractivity contribution in [3.63, 3.8) is 0 Å². The Kier molecular flexibility index (Phi) is 5.60. The molecule has 0 spiro atoms. The average Bonchev–Trinajstić information content (AvgIpc) is 3.01. The average molecular weight is 432 g/mol.